The van der Waals surface area contributed by atoms with Gasteiger partial charge in [-0.3, -0.25) is 4.79 Å². The number of aldehydes is 1. The maximum absolute atomic E-state index is 11.9. The van der Waals surface area contributed by atoms with Crippen molar-refractivity contribution in [2.24, 2.45) is 0 Å². The SMILES string of the molecule is CC(C)(C)OC(=O)NC1CCN(c2c(Br)cnc(Cl)c2C=O)CC1. The van der Waals surface area contributed by atoms with Crippen LogP contribution in [0.3, 0.4) is 0 Å². The fourth-order valence-corrected chi connectivity index (χ4v) is 3.37. The van der Waals surface area contributed by atoms with E-state index in [-0.39, 0.29) is 11.2 Å². The Morgan fingerprint density at radius 2 is 2.08 bits per heavy atom. The first-order chi connectivity index (χ1) is 11.2. The number of nitrogens with one attached hydrogen (secondary N) is 1. The highest BCUT2D eigenvalue weighted by Gasteiger charge is 2.26. The molecule has 2 rings (SSSR count). The van der Waals surface area contributed by atoms with Crippen LogP contribution in [0, 0.1) is 0 Å². The van der Waals surface area contributed by atoms with Crippen molar-refractivity contribution in [3.8, 4) is 0 Å². The van der Waals surface area contributed by atoms with Gasteiger partial charge in [0.2, 0.25) is 0 Å². The van der Waals surface area contributed by atoms with Gasteiger partial charge in [0.25, 0.3) is 0 Å². The fourth-order valence-electron chi connectivity index (χ4n) is 2.62. The van der Waals surface area contributed by atoms with Crippen molar-refractivity contribution in [3.05, 3.63) is 21.4 Å². The average molecular weight is 419 g/mol. The van der Waals surface area contributed by atoms with Crippen LogP contribution in [0.4, 0.5) is 10.5 Å². The molecule has 1 fully saturated rings. The van der Waals surface area contributed by atoms with Crippen LogP contribution < -0.4 is 10.2 Å². The average Bonchev–Trinajstić information content (AvgIpc) is 2.48. The number of hydrogen-bond donors (Lipinski definition) is 1. The van der Waals surface area contributed by atoms with Crippen LogP contribution in [-0.4, -0.2) is 42.1 Å². The molecule has 0 saturated carbocycles. The molecule has 6 nitrogen and oxygen atoms in total. The van der Waals surface area contributed by atoms with Gasteiger partial charge in [-0.15, -0.1) is 0 Å². The highest BCUT2D eigenvalue weighted by Crippen LogP contribution is 2.34. The Morgan fingerprint density at radius 3 is 2.62 bits per heavy atom. The summed E-state index contributed by atoms with van der Waals surface area (Å²) >= 11 is 9.45. The molecule has 0 aromatic carbocycles. The molecule has 1 aliphatic heterocycles. The summed E-state index contributed by atoms with van der Waals surface area (Å²) in [7, 11) is 0. The predicted molar refractivity (Wildman–Crippen MR) is 96.9 cm³/mol. The molecule has 0 spiro atoms. The lowest BCUT2D eigenvalue weighted by atomic mass is 10.0. The summed E-state index contributed by atoms with van der Waals surface area (Å²) in [6.45, 7) is 6.89. The molecule has 0 aliphatic carbocycles. The third kappa shape index (κ3) is 4.83. The molecule has 1 aromatic heterocycles. The third-order valence-electron chi connectivity index (χ3n) is 3.64. The molecule has 1 amide bonds. The maximum Gasteiger partial charge on any atom is 0.407 e. The van der Waals surface area contributed by atoms with E-state index in [4.69, 9.17) is 16.3 Å². The molecule has 0 unspecified atom stereocenters. The number of pyridine rings is 1. The van der Waals surface area contributed by atoms with Gasteiger partial charge in [-0.2, -0.15) is 0 Å². The number of aromatic nitrogens is 1. The topological polar surface area (TPSA) is 71.5 Å². The van der Waals surface area contributed by atoms with Crippen molar-refractivity contribution < 1.29 is 14.3 Å². The predicted octanol–water partition coefficient (Wildman–Crippen LogP) is 3.80. The van der Waals surface area contributed by atoms with Gasteiger partial charge in [0.1, 0.15) is 10.8 Å². The molecule has 1 aliphatic rings. The first kappa shape index (κ1) is 19.0. The van der Waals surface area contributed by atoms with Crippen LogP contribution in [0.1, 0.15) is 44.0 Å². The molecule has 132 valence electrons. The number of piperidine rings is 1. The fraction of sp³-hybridized carbons (Fsp3) is 0.562. The molecule has 8 heteroatoms. The third-order valence-corrected chi connectivity index (χ3v) is 4.53. The summed E-state index contributed by atoms with van der Waals surface area (Å²) in [5, 5.41) is 3.09. The van der Waals surface area contributed by atoms with E-state index in [0.717, 1.165) is 29.3 Å². The number of hydrogen-bond acceptors (Lipinski definition) is 5. The lowest BCUT2D eigenvalue weighted by molar-refractivity contribution is 0.0497. The van der Waals surface area contributed by atoms with Crippen molar-refractivity contribution in [3.63, 3.8) is 0 Å². The zero-order chi connectivity index (χ0) is 17.9. The van der Waals surface area contributed by atoms with Crippen LogP contribution in [0.5, 0.6) is 0 Å². The van der Waals surface area contributed by atoms with Gasteiger partial charge >= 0.3 is 6.09 Å². The lowest BCUT2D eigenvalue weighted by Crippen LogP contribution is -2.46. The van der Waals surface area contributed by atoms with Crippen LogP contribution in [0.15, 0.2) is 10.7 Å². The van der Waals surface area contributed by atoms with Gasteiger partial charge in [-0.1, -0.05) is 11.6 Å². The van der Waals surface area contributed by atoms with E-state index in [2.05, 4.69) is 31.1 Å². The summed E-state index contributed by atoms with van der Waals surface area (Å²) in [6.07, 6.45) is 3.42. The van der Waals surface area contributed by atoms with Crippen molar-refractivity contribution in [2.45, 2.75) is 45.3 Å². The Labute approximate surface area is 155 Å². The Hall–Kier alpha value is -1.34. The summed E-state index contributed by atoms with van der Waals surface area (Å²) < 4.78 is 6.01. The monoisotopic (exact) mass is 417 g/mol. The molecule has 0 radical (unpaired) electrons. The zero-order valence-corrected chi connectivity index (χ0v) is 16.3. The Kier molecular flexibility index (Phi) is 6.09. The normalized spacial score (nSPS) is 16.0. The van der Waals surface area contributed by atoms with Crippen LogP contribution >= 0.6 is 27.5 Å². The molecule has 1 aromatic rings. The van der Waals surface area contributed by atoms with Crippen LogP contribution in [-0.2, 0) is 4.74 Å². The number of rotatable bonds is 3. The Bertz CT molecular complexity index is 626. The minimum Gasteiger partial charge on any atom is -0.444 e. The smallest absolute Gasteiger partial charge is 0.407 e. The molecular formula is C16H21BrClN3O3. The molecule has 1 N–H and O–H groups in total. The van der Waals surface area contributed by atoms with E-state index in [1.807, 2.05) is 20.8 Å². The number of alkyl carbamates (subject to hydrolysis) is 1. The highest BCUT2D eigenvalue weighted by atomic mass is 79.9. The van der Waals surface area contributed by atoms with Gasteiger partial charge in [-0.25, -0.2) is 9.78 Å². The maximum atomic E-state index is 11.9. The number of halogens is 2. The number of ether oxygens (including phenoxy) is 1. The highest BCUT2D eigenvalue weighted by molar-refractivity contribution is 9.10. The largest absolute Gasteiger partial charge is 0.444 e. The van der Waals surface area contributed by atoms with E-state index < -0.39 is 11.7 Å². The quantitative estimate of drug-likeness (QED) is 0.597. The summed E-state index contributed by atoms with van der Waals surface area (Å²) in [5.41, 5.74) is 0.618. The number of anilines is 1. The zero-order valence-electron chi connectivity index (χ0n) is 13.9. The molecule has 1 saturated heterocycles. The second kappa shape index (κ2) is 7.70. The van der Waals surface area contributed by atoms with Crippen molar-refractivity contribution in [2.75, 3.05) is 18.0 Å². The van der Waals surface area contributed by atoms with Gasteiger partial charge in [-0.05, 0) is 49.5 Å². The molecule has 0 atom stereocenters. The number of carbonyl (C=O) groups is 2. The minimum absolute atomic E-state index is 0.0480. The number of carbonyl (C=O) groups excluding carboxylic acids is 2. The van der Waals surface area contributed by atoms with E-state index in [9.17, 15) is 9.59 Å². The van der Waals surface area contributed by atoms with E-state index >= 15 is 0 Å². The van der Waals surface area contributed by atoms with Gasteiger partial charge in [0, 0.05) is 25.3 Å². The van der Waals surface area contributed by atoms with Crippen LogP contribution in [0.25, 0.3) is 0 Å². The van der Waals surface area contributed by atoms with Crippen molar-refractivity contribution in [1.82, 2.24) is 10.3 Å². The van der Waals surface area contributed by atoms with E-state index in [1.54, 1.807) is 6.20 Å². The molecular weight excluding hydrogens is 398 g/mol. The van der Waals surface area contributed by atoms with E-state index in [0.29, 0.717) is 18.7 Å². The lowest BCUT2D eigenvalue weighted by Gasteiger charge is -2.35. The first-order valence-electron chi connectivity index (χ1n) is 7.75. The second-order valence-corrected chi connectivity index (χ2v) is 7.90. The van der Waals surface area contributed by atoms with Crippen LogP contribution in [0.2, 0.25) is 5.15 Å². The number of amides is 1. The Balaban J connectivity index is 2.00. The standard InChI is InChI=1S/C16H21BrClN3O3/c1-16(2,3)24-15(23)20-10-4-6-21(7-5-10)13-11(9-22)14(18)19-8-12(13)17/h8-10H,4-7H2,1-3H3,(H,20,23). The molecule has 0 bridgehead atoms. The Morgan fingerprint density at radius 1 is 1.46 bits per heavy atom. The van der Waals surface area contributed by atoms with Crippen molar-refractivity contribution in [1.29, 1.82) is 0 Å². The molecule has 2 heterocycles. The van der Waals surface area contributed by atoms with Gasteiger partial charge < -0.3 is 15.0 Å². The van der Waals surface area contributed by atoms with Gasteiger partial charge in [0.05, 0.1) is 15.7 Å². The minimum atomic E-state index is -0.512. The van der Waals surface area contributed by atoms with Crippen molar-refractivity contribution >= 4 is 45.6 Å². The first-order valence-corrected chi connectivity index (χ1v) is 8.92. The summed E-state index contributed by atoms with van der Waals surface area (Å²) in [5.74, 6) is 0. The van der Waals surface area contributed by atoms with Gasteiger partial charge in [0.15, 0.2) is 6.29 Å². The number of nitrogens with zero attached hydrogens (tertiary/aromatic N) is 2. The second-order valence-electron chi connectivity index (χ2n) is 6.68. The van der Waals surface area contributed by atoms with E-state index in [1.165, 1.54) is 0 Å². The summed E-state index contributed by atoms with van der Waals surface area (Å²) in [4.78, 5) is 29.2. The summed E-state index contributed by atoms with van der Waals surface area (Å²) in [6, 6.07) is 0.0480. The molecule has 24 heavy (non-hydrogen) atoms.